The fraction of sp³-hybridized carbons (Fsp3) is 0.0417. The number of rotatable bonds is 5. The maximum absolute atomic E-state index is 14.5. The van der Waals surface area contributed by atoms with Crippen LogP contribution in [0.5, 0.6) is 0 Å². The van der Waals surface area contributed by atoms with Crippen LogP contribution in [-0.2, 0) is 0 Å². The summed E-state index contributed by atoms with van der Waals surface area (Å²) in [6.07, 6.45) is 1.61. The summed E-state index contributed by atoms with van der Waals surface area (Å²) in [4.78, 5) is 17.4. The normalized spacial score (nSPS) is 10.8. The van der Waals surface area contributed by atoms with Crippen LogP contribution in [0, 0.1) is 12.7 Å². The fourth-order valence-corrected chi connectivity index (χ4v) is 3.40. The molecular formula is C24H17FN6O2. The number of oxazole rings is 1. The van der Waals surface area contributed by atoms with Crippen LogP contribution in [0.3, 0.4) is 0 Å². The van der Waals surface area contributed by atoms with Crippen molar-refractivity contribution >= 4 is 11.6 Å². The third-order valence-corrected chi connectivity index (χ3v) is 5.03. The van der Waals surface area contributed by atoms with E-state index in [0.717, 1.165) is 5.56 Å². The molecule has 0 aliphatic rings. The lowest BCUT2D eigenvalue weighted by molar-refractivity contribution is 0.102. The second kappa shape index (κ2) is 8.46. The Bertz CT molecular complexity index is 1440. The van der Waals surface area contributed by atoms with Crippen LogP contribution >= 0.6 is 0 Å². The van der Waals surface area contributed by atoms with Crippen molar-refractivity contribution in [1.29, 1.82) is 0 Å². The second-order valence-corrected chi connectivity index (χ2v) is 7.20. The highest BCUT2D eigenvalue weighted by Crippen LogP contribution is 2.29. The minimum Gasteiger partial charge on any atom is -0.436 e. The lowest BCUT2D eigenvalue weighted by Crippen LogP contribution is -2.15. The molecule has 0 spiro atoms. The van der Waals surface area contributed by atoms with Crippen LogP contribution in [0.2, 0.25) is 0 Å². The van der Waals surface area contributed by atoms with Crippen LogP contribution in [-0.4, -0.2) is 31.1 Å². The number of amides is 1. The van der Waals surface area contributed by atoms with Gasteiger partial charge < -0.3 is 9.73 Å². The number of hydrogen-bond acceptors (Lipinski definition) is 6. The first-order valence-corrected chi connectivity index (χ1v) is 10.1. The molecule has 1 N–H and O–H groups in total. The van der Waals surface area contributed by atoms with Crippen molar-refractivity contribution in [3.05, 3.63) is 96.2 Å². The molecule has 5 rings (SSSR count). The van der Waals surface area contributed by atoms with Gasteiger partial charge in [0.05, 0.1) is 23.1 Å². The van der Waals surface area contributed by atoms with E-state index < -0.39 is 11.7 Å². The molecule has 5 aromatic rings. The number of hydrogen-bond donors (Lipinski definition) is 1. The molecule has 3 aromatic carbocycles. The summed E-state index contributed by atoms with van der Waals surface area (Å²) in [5.41, 5.74) is 2.17. The Balaban J connectivity index is 1.46. The molecule has 0 bridgehead atoms. The number of carbonyl (C=O) groups is 1. The number of carbonyl (C=O) groups excluding carboxylic acids is 1. The van der Waals surface area contributed by atoms with E-state index in [1.807, 2.05) is 30.3 Å². The minimum atomic E-state index is -0.585. The van der Waals surface area contributed by atoms with Crippen molar-refractivity contribution < 1.29 is 13.6 Å². The van der Waals surface area contributed by atoms with Gasteiger partial charge in [0.2, 0.25) is 5.89 Å². The summed E-state index contributed by atoms with van der Waals surface area (Å²) in [6.45, 7) is 1.72. The van der Waals surface area contributed by atoms with Gasteiger partial charge >= 0.3 is 0 Å². The molecule has 0 saturated carbocycles. The van der Waals surface area contributed by atoms with E-state index in [1.165, 1.54) is 22.9 Å². The Morgan fingerprint density at radius 1 is 1.03 bits per heavy atom. The summed E-state index contributed by atoms with van der Waals surface area (Å²) in [5.74, 6) is 0.309. The Labute approximate surface area is 187 Å². The molecule has 8 nitrogen and oxygen atoms in total. The number of anilines is 1. The smallest absolute Gasteiger partial charge is 0.256 e. The lowest BCUT2D eigenvalue weighted by Gasteiger charge is -2.11. The number of nitrogens with one attached hydrogen (secondary N) is 1. The van der Waals surface area contributed by atoms with E-state index in [0.29, 0.717) is 28.4 Å². The largest absolute Gasteiger partial charge is 0.436 e. The highest BCUT2D eigenvalue weighted by Gasteiger charge is 2.19. The van der Waals surface area contributed by atoms with E-state index >= 15 is 0 Å². The second-order valence-electron chi connectivity index (χ2n) is 7.20. The Kier molecular flexibility index (Phi) is 5.19. The van der Waals surface area contributed by atoms with E-state index in [-0.39, 0.29) is 11.6 Å². The number of benzene rings is 3. The molecule has 0 fully saturated rings. The minimum absolute atomic E-state index is 0.000387. The van der Waals surface area contributed by atoms with Crippen molar-refractivity contribution in [2.24, 2.45) is 0 Å². The van der Waals surface area contributed by atoms with Gasteiger partial charge in [-0.2, -0.15) is 4.68 Å². The van der Waals surface area contributed by atoms with E-state index in [2.05, 4.69) is 25.8 Å². The van der Waals surface area contributed by atoms with Crippen LogP contribution in [0.15, 0.2) is 83.4 Å². The molecule has 9 heteroatoms. The van der Waals surface area contributed by atoms with Crippen molar-refractivity contribution in [2.75, 3.05) is 5.32 Å². The summed E-state index contributed by atoms with van der Waals surface area (Å²) in [7, 11) is 0. The van der Waals surface area contributed by atoms with Crippen molar-refractivity contribution in [2.45, 2.75) is 6.92 Å². The van der Waals surface area contributed by atoms with Crippen molar-refractivity contribution in [1.82, 2.24) is 25.2 Å². The van der Waals surface area contributed by atoms with Crippen molar-refractivity contribution in [3.63, 3.8) is 0 Å². The molecule has 0 aliphatic carbocycles. The average Bonchev–Trinajstić information content (AvgIpc) is 3.50. The first-order valence-electron chi connectivity index (χ1n) is 10.1. The molecule has 2 heterocycles. The number of halogens is 1. The number of aryl methyl sites for hydroxylation is 1. The fourth-order valence-electron chi connectivity index (χ4n) is 3.40. The third-order valence-electron chi connectivity index (χ3n) is 5.03. The highest BCUT2D eigenvalue weighted by atomic mass is 19.1. The molecule has 162 valence electrons. The first-order chi connectivity index (χ1) is 16.1. The molecule has 33 heavy (non-hydrogen) atoms. The zero-order valence-electron chi connectivity index (χ0n) is 17.4. The van der Waals surface area contributed by atoms with Gasteiger partial charge in [0, 0.05) is 11.1 Å². The number of tetrazole rings is 1. The maximum atomic E-state index is 14.5. The standard InChI is InChI=1S/C24H17FN6O2/c1-15-28-29-30-31(15)17-11-12-20(25)21(13-17)27-23(32)18-9-5-6-10-19(18)24-26-14-22(33-24)16-7-3-2-4-8-16/h2-14H,1H3,(H,27,32). The molecule has 0 aliphatic heterocycles. The average molecular weight is 440 g/mol. The molecule has 1 amide bonds. The van der Waals surface area contributed by atoms with Gasteiger partial charge in [-0.15, -0.1) is 5.10 Å². The zero-order valence-corrected chi connectivity index (χ0v) is 17.4. The summed E-state index contributed by atoms with van der Waals surface area (Å²) < 4.78 is 21.9. The van der Waals surface area contributed by atoms with Crippen LogP contribution in [0.25, 0.3) is 28.5 Å². The quantitative estimate of drug-likeness (QED) is 0.426. The van der Waals surface area contributed by atoms with Gasteiger partial charge in [-0.1, -0.05) is 42.5 Å². The van der Waals surface area contributed by atoms with Gasteiger partial charge in [0.1, 0.15) is 5.82 Å². The molecule has 2 aromatic heterocycles. The molecule has 0 atom stereocenters. The topological polar surface area (TPSA) is 98.7 Å². The van der Waals surface area contributed by atoms with Gasteiger partial charge in [-0.3, -0.25) is 4.79 Å². The monoisotopic (exact) mass is 440 g/mol. The van der Waals surface area contributed by atoms with E-state index in [9.17, 15) is 9.18 Å². The van der Waals surface area contributed by atoms with Gasteiger partial charge in [0.25, 0.3) is 5.91 Å². The van der Waals surface area contributed by atoms with Crippen LogP contribution in [0.4, 0.5) is 10.1 Å². The SMILES string of the molecule is Cc1nnnn1-c1ccc(F)c(NC(=O)c2ccccc2-c2ncc(-c3ccccc3)o2)c1. The van der Waals surface area contributed by atoms with Crippen LogP contribution < -0.4 is 5.32 Å². The number of aromatic nitrogens is 5. The molecule has 0 saturated heterocycles. The highest BCUT2D eigenvalue weighted by molar-refractivity contribution is 6.08. The molecular weight excluding hydrogens is 423 g/mol. The summed E-state index contributed by atoms with van der Waals surface area (Å²) >= 11 is 0. The first kappa shape index (κ1) is 20.3. The van der Waals surface area contributed by atoms with Gasteiger partial charge in [0.15, 0.2) is 11.6 Å². The Hall–Kier alpha value is -4.66. The Morgan fingerprint density at radius 2 is 1.82 bits per heavy atom. The van der Waals surface area contributed by atoms with Gasteiger partial charge in [-0.05, 0) is 47.7 Å². The van der Waals surface area contributed by atoms with E-state index in [4.69, 9.17) is 4.42 Å². The van der Waals surface area contributed by atoms with Gasteiger partial charge in [-0.25, -0.2) is 9.37 Å². The summed E-state index contributed by atoms with van der Waals surface area (Å²) in [6, 6.07) is 20.6. The van der Waals surface area contributed by atoms with Crippen molar-refractivity contribution in [3.8, 4) is 28.5 Å². The number of nitrogens with zero attached hydrogens (tertiary/aromatic N) is 5. The summed E-state index contributed by atoms with van der Waals surface area (Å²) in [5, 5.41) is 13.9. The van der Waals surface area contributed by atoms with Crippen LogP contribution in [0.1, 0.15) is 16.2 Å². The predicted molar refractivity (Wildman–Crippen MR) is 119 cm³/mol. The van der Waals surface area contributed by atoms with E-state index in [1.54, 1.807) is 37.4 Å². The third kappa shape index (κ3) is 3.99. The zero-order chi connectivity index (χ0) is 22.8. The predicted octanol–water partition coefficient (Wildman–Crippen LogP) is 4.68. The molecule has 0 unspecified atom stereocenters. The maximum Gasteiger partial charge on any atom is 0.256 e. The molecule has 0 radical (unpaired) electrons. The lowest BCUT2D eigenvalue weighted by atomic mass is 10.1. The Morgan fingerprint density at radius 3 is 2.61 bits per heavy atom.